The maximum atomic E-state index is 2.74. The van der Waals surface area contributed by atoms with Crippen molar-refractivity contribution in [3.05, 3.63) is 0 Å². The summed E-state index contributed by atoms with van der Waals surface area (Å²) in [5.74, 6) is 0. The zero-order valence-corrected chi connectivity index (χ0v) is 46.9. The summed E-state index contributed by atoms with van der Waals surface area (Å²) in [5, 5.41) is 0. The van der Waals surface area contributed by atoms with Gasteiger partial charge < -0.3 is 0 Å². The van der Waals surface area contributed by atoms with Crippen molar-refractivity contribution in [3.8, 4) is 0 Å². The Hall–Kier alpha value is 4.56. The average Bonchev–Trinajstić information content (AvgIpc) is 2.34. The second-order valence-electron chi connectivity index (χ2n) is 18.9. The van der Waals surface area contributed by atoms with Crippen molar-refractivity contribution < 1.29 is 0 Å². The van der Waals surface area contributed by atoms with E-state index in [2.05, 4.69) is 160 Å². The van der Waals surface area contributed by atoms with Gasteiger partial charge in [-0.1, -0.05) is 118 Å². The van der Waals surface area contributed by atoms with Gasteiger partial charge in [-0.15, -0.1) is 0 Å². The fraction of sp³-hybridized carbons (Fsp3) is 1.00. The zero-order chi connectivity index (χ0) is 30.7. The van der Waals surface area contributed by atoms with Gasteiger partial charge in [0.05, 0.1) is 0 Å². The third-order valence-electron chi connectivity index (χ3n) is 5.84. The molecule has 0 heterocycles. The van der Waals surface area contributed by atoms with Crippen LogP contribution in [0.4, 0.5) is 0 Å². The molecule has 0 fully saturated rings. The third-order valence-corrected chi connectivity index (χ3v) is 141. The fourth-order valence-corrected chi connectivity index (χ4v) is 191. The summed E-state index contributed by atoms with van der Waals surface area (Å²) in [4.78, 5) is 0. The Morgan fingerprint density at radius 2 is 0.432 bits per heavy atom. The van der Waals surface area contributed by atoms with Gasteiger partial charge in [-0.05, 0) is 0 Å². The molecular formula is C24H72KNSi10Sn. The van der Waals surface area contributed by atoms with Crippen LogP contribution in [0.5, 0.6) is 0 Å². The van der Waals surface area contributed by atoms with Crippen molar-refractivity contribution >= 4 is 151 Å². The summed E-state index contributed by atoms with van der Waals surface area (Å²) >= 11 is 1.63. The van der Waals surface area contributed by atoms with Crippen LogP contribution in [-0.4, -0.2) is 153 Å². The van der Waals surface area contributed by atoms with Crippen LogP contribution >= 0.6 is 0 Å². The number of rotatable bonds is 8. The van der Waals surface area contributed by atoms with Crippen LogP contribution in [0.3, 0.4) is 0 Å². The largest absolute Gasteiger partial charge is 0.0721 e. The van der Waals surface area contributed by atoms with E-state index < -0.39 is 62.0 Å². The van der Waals surface area contributed by atoms with Crippen molar-refractivity contribution in [2.24, 2.45) is 0 Å². The van der Waals surface area contributed by atoms with E-state index in [0.29, 0.717) is 0 Å². The smallest absolute Gasteiger partial charge is 0.0306 e. The summed E-state index contributed by atoms with van der Waals surface area (Å²) in [5.41, 5.74) is 0. The van der Waals surface area contributed by atoms with Gasteiger partial charge in [0.15, 0.2) is 0 Å². The molecule has 0 unspecified atom stereocenters. The molecule has 0 aliphatic carbocycles. The van der Waals surface area contributed by atoms with Crippen LogP contribution in [0.2, 0.25) is 157 Å². The van der Waals surface area contributed by atoms with Gasteiger partial charge in [0.2, 0.25) is 0 Å². The van der Waals surface area contributed by atoms with Crippen LogP contribution in [0, 0.1) is 0 Å². The predicted molar refractivity (Wildman–Crippen MR) is 212 cm³/mol. The number of nitrogens with zero attached hydrogens (tertiary/aromatic N) is 1. The first-order chi connectivity index (χ1) is 14.9. The minimum atomic E-state index is -0.961. The Kier molecular flexibility index (Phi) is 21.9. The molecule has 37 heavy (non-hydrogen) atoms. The normalized spacial score (nSPS) is 14.6. The van der Waals surface area contributed by atoms with Crippen molar-refractivity contribution in [2.45, 2.75) is 157 Å². The average molecular weight is 814 g/mol. The summed E-state index contributed by atoms with van der Waals surface area (Å²) in [7, 11) is -6.86. The summed E-state index contributed by atoms with van der Waals surface area (Å²) in [6, 6.07) is 0. The molecule has 0 aliphatic heterocycles. The van der Waals surface area contributed by atoms with Crippen LogP contribution in [0.1, 0.15) is 0 Å². The first-order valence-corrected chi connectivity index (χ1v) is 52.3. The van der Waals surface area contributed by atoms with Crippen LogP contribution in [-0.2, 0) is 0 Å². The van der Waals surface area contributed by atoms with Crippen molar-refractivity contribution in [1.29, 1.82) is 0 Å². The van der Waals surface area contributed by atoms with Crippen molar-refractivity contribution in [3.63, 3.8) is 0 Å². The molecule has 0 bridgehead atoms. The minimum Gasteiger partial charge on any atom is -0.0721 e. The molecular weight excluding hydrogens is 741 g/mol. The summed E-state index contributed by atoms with van der Waals surface area (Å²) < 4.78 is 2.74. The topological polar surface area (TPSA) is 3.24 Å². The molecule has 6 radical (unpaired) electrons. The van der Waals surface area contributed by atoms with E-state index in [4.69, 9.17) is 0 Å². The van der Waals surface area contributed by atoms with Gasteiger partial charge in [-0.2, -0.15) is 0 Å². The van der Waals surface area contributed by atoms with Gasteiger partial charge in [0.25, 0.3) is 0 Å². The monoisotopic (exact) mass is 813 g/mol. The second-order valence-corrected chi connectivity index (χ2v) is 106. The molecule has 0 atom stereocenters. The number of hydrogen-bond donors (Lipinski definition) is 0. The van der Waals surface area contributed by atoms with E-state index in [1.165, 1.54) is 0 Å². The minimum absolute atomic E-state index is 0. The van der Waals surface area contributed by atoms with Crippen molar-refractivity contribution in [2.75, 3.05) is 0 Å². The Bertz CT molecular complexity index is 516. The second kappa shape index (κ2) is 16.8. The summed E-state index contributed by atoms with van der Waals surface area (Å²) in [6.45, 7) is 61.5. The van der Waals surface area contributed by atoms with Gasteiger partial charge in [-0.3, -0.25) is 0 Å². The first kappa shape index (κ1) is 48.5. The third kappa shape index (κ3) is 21.8. The van der Waals surface area contributed by atoms with E-state index in [0.717, 1.165) is 0 Å². The van der Waals surface area contributed by atoms with E-state index in [9.17, 15) is 0 Å². The molecule has 0 rings (SSSR count). The number of hydrogen-bond acceptors (Lipinski definition) is 1. The molecule has 0 aromatic rings. The standard InChI is InChI=1S/2C9H27Si4.C6H18NSi2.K.Sn/c2*1-11(2,3)10(12(4,5)6)13(7,8)9;1-8(2,3)7-9(4,5)6;;/h2*1-9H3;1-6H3;;/q;;-1;;+1. The molecule has 218 valence electrons. The van der Waals surface area contributed by atoms with Gasteiger partial charge in [-0.25, -0.2) is 0 Å². The van der Waals surface area contributed by atoms with Crippen molar-refractivity contribution in [1.82, 2.24) is 2.45 Å². The van der Waals surface area contributed by atoms with Gasteiger partial charge >= 0.3 is 81.0 Å². The quantitative estimate of drug-likeness (QED) is 0.221. The zero-order valence-electron chi connectivity index (χ0n) is 30.9. The van der Waals surface area contributed by atoms with E-state index in [-0.39, 0.29) is 66.1 Å². The van der Waals surface area contributed by atoms with E-state index in [1.54, 1.807) is 22.8 Å². The fourth-order valence-electron chi connectivity index (χ4n) is 7.76. The Balaban J connectivity index is -0.000000220. The van der Waals surface area contributed by atoms with Crippen LogP contribution < -0.4 is 0 Å². The molecule has 0 N–H and O–H groups in total. The molecule has 0 saturated heterocycles. The van der Waals surface area contributed by atoms with Crippen LogP contribution in [0.15, 0.2) is 0 Å². The molecule has 0 aromatic heterocycles. The first-order valence-electron chi connectivity index (χ1n) is 14.2. The maximum absolute atomic E-state index is 2.74. The molecule has 0 spiro atoms. The molecule has 0 amide bonds. The molecule has 1 nitrogen and oxygen atoms in total. The Morgan fingerprint density at radius 1 is 0.324 bits per heavy atom. The van der Waals surface area contributed by atoms with Gasteiger partial charge in [0, 0.05) is 112 Å². The van der Waals surface area contributed by atoms with Gasteiger partial charge in [0.1, 0.15) is 0 Å². The van der Waals surface area contributed by atoms with E-state index in [1.807, 2.05) is 0 Å². The molecule has 0 aromatic carbocycles. The SMILES string of the molecule is C[Si](C)(C)[N]([Sn])[Si](C)(C)C.C[Si](C)(C)[Si]([Si](C)(C)C)[Si](C)(C)C.C[Si](C)(C)[Si]([Si](C)(C)C)[Si](C)(C)C.[K]. The Labute approximate surface area is 305 Å². The maximum Gasteiger partial charge on any atom is 0.0306 e. The molecule has 0 saturated carbocycles. The molecule has 13 heteroatoms. The van der Waals surface area contributed by atoms with E-state index >= 15 is 0 Å². The Morgan fingerprint density at radius 3 is 0.432 bits per heavy atom. The van der Waals surface area contributed by atoms with Crippen LogP contribution in [0.25, 0.3) is 0 Å². The summed E-state index contributed by atoms with van der Waals surface area (Å²) in [6.07, 6.45) is 0. The predicted octanol–water partition coefficient (Wildman–Crippen LogP) is 9.12. The molecule has 0 aliphatic rings.